The van der Waals surface area contributed by atoms with Gasteiger partial charge in [-0.1, -0.05) is 24.4 Å². The first-order valence-electron chi connectivity index (χ1n) is 6.00. The van der Waals surface area contributed by atoms with Crippen LogP contribution < -0.4 is 10.5 Å². The van der Waals surface area contributed by atoms with E-state index >= 15 is 0 Å². The van der Waals surface area contributed by atoms with Crippen molar-refractivity contribution < 1.29 is 8.42 Å². The number of nitrogens with one attached hydrogen (secondary N) is 1. The van der Waals surface area contributed by atoms with Gasteiger partial charge in [0.1, 0.15) is 4.21 Å². The lowest BCUT2D eigenvalue weighted by Gasteiger charge is -2.22. The van der Waals surface area contributed by atoms with Crippen LogP contribution in [0.2, 0.25) is 4.34 Å². The molecule has 0 aliphatic heterocycles. The third-order valence-electron chi connectivity index (χ3n) is 3.34. The lowest BCUT2D eigenvalue weighted by atomic mass is 9.99. The van der Waals surface area contributed by atoms with Gasteiger partial charge in [-0.25, -0.2) is 13.1 Å². The van der Waals surface area contributed by atoms with Gasteiger partial charge < -0.3 is 5.73 Å². The smallest absolute Gasteiger partial charge is 0.250 e. The molecule has 1 aromatic rings. The average Bonchev–Trinajstić information content (AvgIpc) is 2.96. The predicted octanol–water partition coefficient (Wildman–Crippen LogP) is 2.20. The average molecular weight is 309 g/mol. The molecule has 3 N–H and O–H groups in total. The van der Waals surface area contributed by atoms with Crippen molar-refractivity contribution in [2.45, 2.75) is 35.9 Å². The van der Waals surface area contributed by atoms with Gasteiger partial charge >= 0.3 is 0 Å². The van der Waals surface area contributed by atoms with Crippen molar-refractivity contribution in [2.24, 2.45) is 11.7 Å². The molecular weight excluding hydrogens is 292 g/mol. The van der Waals surface area contributed by atoms with Gasteiger partial charge in [-0.15, -0.1) is 11.3 Å². The van der Waals surface area contributed by atoms with Crippen molar-refractivity contribution in [1.29, 1.82) is 0 Å². The van der Waals surface area contributed by atoms with Crippen LogP contribution in [0.15, 0.2) is 16.3 Å². The second kappa shape index (κ2) is 5.88. The second-order valence-corrected chi connectivity index (χ2v) is 8.22. The summed E-state index contributed by atoms with van der Waals surface area (Å²) < 4.78 is 27.8. The van der Waals surface area contributed by atoms with Crippen molar-refractivity contribution in [2.75, 3.05) is 6.54 Å². The monoisotopic (exact) mass is 308 g/mol. The molecule has 1 saturated carbocycles. The van der Waals surface area contributed by atoms with Gasteiger partial charge in [0.15, 0.2) is 0 Å². The molecule has 1 aliphatic rings. The molecular formula is C11H17ClN2O2S2. The summed E-state index contributed by atoms with van der Waals surface area (Å²) in [5.74, 6) is 0.361. The van der Waals surface area contributed by atoms with E-state index in [-0.39, 0.29) is 10.3 Å². The Hall–Kier alpha value is -0.140. The van der Waals surface area contributed by atoms with Crippen molar-refractivity contribution in [3.8, 4) is 0 Å². The Balaban J connectivity index is 2.10. The molecule has 1 aliphatic carbocycles. The molecule has 4 nitrogen and oxygen atoms in total. The molecule has 102 valence electrons. The lowest BCUT2D eigenvalue weighted by molar-refractivity contribution is 0.406. The lowest BCUT2D eigenvalue weighted by Crippen LogP contribution is -2.44. The fourth-order valence-electron chi connectivity index (χ4n) is 2.40. The van der Waals surface area contributed by atoms with Crippen LogP contribution in [0.1, 0.15) is 25.7 Å². The van der Waals surface area contributed by atoms with Gasteiger partial charge in [-0.05, 0) is 30.9 Å². The molecule has 1 aromatic heterocycles. The predicted molar refractivity (Wildman–Crippen MR) is 74.5 cm³/mol. The molecule has 18 heavy (non-hydrogen) atoms. The van der Waals surface area contributed by atoms with Gasteiger partial charge in [-0.2, -0.15) is 0 Å². The zero-order valence-electron chi connectivity index (χ0n) is 9.93. The third kappa shape index (κ3) is 3.24. The van der Waals surface area contributed by atoms with Crippen LogP contribution >= 0.6 is 22.9 Å². The molecule has 7 heteroatoms. The van der Waals surface area contributed by atoms with E-state index in [1.54, 1.807) is 6.07 Å². The standard InChI is InChI=1S/C11H17ClN2O2S2/c12-10-5-6-11(17-10)18(15,16)14-9(7-13)8-3-1-2-4-8/h5-6,8-9,14H,1-4,7,13H2. The van der Waals surface area contributed by atoms with Crippen molar-refractivity contribution in [3.63, 3.8) is 0 Å². The summed E-state index contributed by atoms with van der Waals surface area (Å²) in [6.45, 7) is 0.336. The fraction of sp³-hybridized carbons (Fsp3) is 0.636. The largest absolute Gasteiger partial charge is 0.329 e. The van der Waals surface area contributed by atoms with E-state index in [1.165, 1.54) is 6.07 Å². The number of hydrogen-bond acceptors (Lipinski definition) is 4. The van der Waals surface area contributed by atoms with Crippen LogP contribution in [0.4, 0.5) is 0 Å². The van der Waals surface area contributed by atoms with Crippen LogP contribution in [-0.4, -0.2) is 21.0 Å². The summed E-state index contributed by atoms with van der Waals surface area (Å²) in [4.78, 5) is 0. The minimum atomic E-state index is -3.48. The fourth-order valence-corrected chi connectivity index (χ4v) is 5.21. The van der Waals surface area contributed by atoms with Gasteiger partial charge in [0, 0.05) is 12.6 Å². The topological polar surface area (TPSA) is 72.2 Å². The maximum Gasteiger partial charge on any atom is 0.250 e. The number of rotatable bonds is 5. The Labute approximate surface area is 117 Å². The normalized spacial score (nSPS) is 19.2. The minimum Gasteiger partial charge on any atom is -0.329 e. The SMILES string of the molecule is NCC(NS(=O)(=O)c1ccc(Cl)s1)C1CCCC1. The van der Waals surface area contributed by atoms with Crippen LogP contribution in [0.25, 0.3) is 0 Å². The number of thiophene rings is 1. The summed E-state index contributed by atoms with van der Waals surface area (Å²) in [6, 6.07) is 2.95. The minimum absolute atomic E-state index is 0.168. The molecule has 1 atom stereocenters. The van der Waals surface area contributed by atoms with E-state index in [2.05, 4.69) is 4.72 Å². The quantitative estimate of drug-likeness (QED) is 0.876. The van der Waals surface area contributed by atoms with E-state index in [4.69, 9.17) is 17.3 Å². The first-order valence-corrected chi connectivity index (χ1v) is 8.68. The van der Waals surface area contributed by atoms with Gasteiger partial charge in [-0.3, -0.25) is 0 Å². The summed E-state index contributed by atoms with van der Waals surface area (Å²) in [6.07, 6.45) is 4.42. The highest BCUT2D eigenvalue weighted by Gasteiger charge is 2.28. The Bertz CT molecular complexity index is 495. The number of sulfonamides is 1. The van der Waals surface area contributed by atoms with E-state index in [0.29, 0.717) is 16.8 Å². The Morgan fingerprint density at radius 1 is 1.44 bits per heavy atom. The summed E-state index contributed by atoms with van der Waals surface area (Å²) >= 11 is 6.83. The molecule has 0 saturated heterocycles. The molecule has 0 aromatic carbocycles. The third-order valence-corrected chi connectivity index (χ3v) is 6.56. The summed E-state index contributed by atoms with van der Waals surface area (Å²) in [7, 11) is -3.48. The maximum absolute atomic E-state index is 12.2. The zero-order chi connectivity index (χ0) is 13.2. The van der Waals surface area contributed by atoms with E-state index in [9.17, 15) is 8.42 Å². The van der Waals surface area contributed by atoms with Crippen LogP contribution in [0.5, 0.6) is 0 Å². The van der Waals surface area contributed by atoms with Crippen LogP contribution in [0.3, 0.4) is 0 Å². The summed E-state index contributed by atoms with van der Waals surface area (Å²) in [5.41, 5.74) is 5.69. The van der Waals surface area contributed by atoms with Crippen molar-refractivity contribution >= 4 is 33.0 Å². The summed E-state index contributed by atoms with van der Waals surface area (Å²) in [5, 5.41) is 0. The highest BCUT2D eigenvalue weighted by Crippen LogP contribution is 2.30. The highest BCUT2D eigenvalue weighted by molar-refractivity contribution is 7.91. The Morgan fingerprint density at radius 3 is 2.61 bits per heavy atom. The molecule has 1 fully saturated rings. The maximum atomic E-state index is 12.2. The highest BCUT2D eigenvalue weighted by atomic mass is 35.5. The second-order valence-electron chi connectivity index (χ2n) is 4.57. The molecule has 0 radical (unpaired) electrons. The Morgan fingerprint density at radius 2 is 2.11 bits per heavy atom. The first kappa shape index (κ1) is 14.3. The van der Waals surface area contributed by atoms with Crippen LogP contribution in [0, 0.1) is 5.92 Å². The number of halogens is 1. The van der Waals surface area contributed by atoms with Crippen LogP contribution in [-0.2, 0) is 10.0 Å². The number of nitrogens with two attached hydrogens (primary N) is 1. The van der Waals surface area contributed by atoms with Gasteiger partial charge in [0.2, 0.25) is 10.0 Å². The van der Waals surface area contributed by atoms with Crippen molar-refractivity contribution in [1.82, 2.24) is 4.72 Å². The van der Waals surface area contributed by atoms with E-state index in [1.807, 2.05) is 0 Å². The van der Waals surface area contributed by atoms with Crippen molar-refractivity contribution in [3.05, 3.63) is 16.5 Å². The molecule has 0 amide bonds. The zero-order valence-corrected chi connectivity index (χ0v) is 12.3. The number of hydrogen-bond donors (Lipinski definition) is 2. The molecule has 0 spiro atoms. The molecule has 1 heterocycles. The molecule has 1 unspecified atom stereocenters. The van der Waals surface area contributed by atoms with Gasteiger partial charge in [0.25, 0.3) is 0 Å². The van der Waals surface area contributed by atoms with Gasteiger partial charge in [0.05, 0.1) is 4.34 Å². The van der Waals surface area contributed by atoms with E-state index < -0.39 is 10.0 Å². The Kier molecular flexibility index (Phi) is 4.66. The molecule has 2 rings (SSSR count). The first-order chi connectivity index (χ1) is 8.53. The van der Waals surface area contributed by atoms with E-state index in [0.717, 1.165) is 37.0 Å². The molecule has 0 bridgehead atoms.